The van der Waals surface area contributed by atoms with Gasteiger partial charge in [0.05, 0.1) is 12.2 Å². The van der Waals surface area contributed by atoms with E-state index in [0.29, 0.717) is 12.7 Å². The van der Waals surface area contributed by atoms with Crippen LogP contribution in [0, 0.1) is 0 Å². The summed E-state index contributed by atoms with van der Waals surface area (Å²) in [7, 11) is 1.90. The summed E-state index contributed by atoms with van der Waals surface area (Å²) >= 11 is 0. The topological polar surface area (TPSA) is 60.2 Å². The molecule has 7 heteroatoms. The number of hydrogen-bond acceptors (Lipinski definition) is 5. The molecule has 0 aliphatic carbocycles. The quantitative estimate of drug-likeness (QED) is 0.236. The van der Waals surface area contributed by atoms with E-state index in [1.54, 1.807) is 7.11 Å². The van der Waals surface area contributed by atoms with Crippen LogP contribution in [0.2, 0.25) is 0 Å². The summed E-state index contributed by atoms with van der Waals surface area (Å²) in [5.41, 5.74) is 6.70. The van der Waals surface area contributed by atoms with Gasteiger partial charge in [0.15, 0.2) is 8.46 Å². The van der Waals surface area contributed by atoms with E-state index in [4.69, 9.17) is 4.74 Å². The van der Waals surface area contributed by atoms with Crippen molar-refractivity contribution in [3.8, 4) is 22.5 Å². The van der Waals surface area contributed by atoms with Crippen molar-refractivity contribution < 1.29 is 9.30 Å². The Balaban J connectivity index is 1.58. The Labute approximate surface area is 198 Å². The minimum Gasteiger partial charge on any atom is -0.385 e. The molecule has 4 rings (SSSR count). The number of ether oxygens (including phenoxy) is 1. The molecule has 0 fully saturated rings. The Morgan fingerprint density at radius 3 is 2.45 bits per heavy atom. The standard InChI is InChI=1S/C26H33N4O2P/c1-32-18-11-5-3-2-4-10-16-29-20-21-12-6-7-13-22(21)26-25(23-14-8-9-15-24(23)29)27-28-30(26)17-19-33-31/h6-9,12-15H,2-5,10-11,16-20H2,1H3. The van der Waals surface area contributed by atoms with Gasteiger partial charge in [-0.3, -0.25) is 4.57 Å². The minimum absolute atomic E-state index is 0.128. The molecule has 3 aromatic rings. The summed E-state index contributed by atoms with van der Waals surface area (Å²) < 4.78 is 18.2. The van der Waals surface area contributed by atoms with Gasteiger partial charge in [0.2, 0.25) is 0 Å². The average Bonchev–Trinajstić information content (AvgIpc) is 3.26. The first-order chi connectivity index (χ1) is 16.3. The van der Waals surface area contributed by atoms with Crippen LogP contribution in [0.15, 0.2) is 48.5 Å². The maximum atomic E-state index is 11.1. The molecule has 0 spiro atoms. The van der Waals surface area contributed by atoms with E-state index >= 15 is 0 Å². The average molecular weight is 465 g/mol. The van der Waals surface area contributed by atoms with Crippen molar-refractivity contribution >= 4 is 14.1 Å². The van der Waals surface area contributed by atoms with Gasteiger partial charge >= 0.3 is 0 Å². The Morgan fingerprint density at radius 1 is 0.909 bits per heavy atom. The first kappa shape index (κ1) is 23.6. The summed E-state index contributed by atoms with van der Waals surface area (Å²) in [6.45, 7) is 3.32. The van der Waals surface area contributed by atoms with E-state index in [2.05, 4.69) is 63.7 Å². The van der Waals surface area contributed by atoms with Gasteiger partial charge in [0, 0.05) is 49.8 Å². The number of aryl methyl sites for hydroxylation is 1. The summed E-state index contributed by atoms with van der Waals surface area (Å²) in [5, 5.41) is 9.06. The monoisotopic (exact) mass is 464 g/mol. The van der Waals surface area contributed by atoms with E-state index in [-0.39, 0.29) is 8.46 Å². The summed E-state index contributed by atoms with van der Waals surface area (Å²) in [6, 6.07) is 17.1. The number of fused-ring (bicyclic) bond motifs is 5. The number of aromatic nitrogens is 3. The smallest absolute Gasteiger partial charge is 0.157 e. The Morgan fingerprint density at radius 2 is 1.64 bits per heavy atom. The molecule has 1 aliphatic heterocycles. The largest absolute Gasteiger partial charge is 0.385 e. The second-order valence-electron chi connectivity index (χ2n) is 8.57. The lowest BCUT2D eigenvalue weighted by atomic mass is 9.95. The predicted molar refractivity (Wildman–Crippen MR) is 134 cm³/mol. The van der Waals surface area contributed by atoms with E-state index in [1.165, 1.54) is 43.4 Å². The zero-order valence-corrected chi connectivity index (χ0v) is 20.3. The molecule has 0 atom stereocenters. The highest BCUT2D eigenvalue weighted by Crippen LogP contribution is 2.40. The molecule has 0 radical (unpaired) electrons. The third kappa shape index (κ3) is 5.69. The van der Waals surface area contributed by atoms with E-state index in [1.807, 2.05) is 4.68 Å². The van der Waals surface area contributed by atoms with Crippen molar-refractivity contribution in [2.45, 2.75) is 51.6 Å². The summed E-state index contributed by atoms with van der Waals surface area (Å²) in [6.07, 6.45) is 7.89. The fraction of sp³-hybridized carbons (Fsp3) is 0.462. The van der Waals surface area contributed by atoms with Gasteiger partial charge in [0.1, 0.15) is 5.69 Å². The normalized spacial score (nSPS) is 12.7. The first-order valence-corrected chi connectivity index (χ1v) is 13.0. The maximum absolute atomic E-state index is 11.1. The number of nitrogens with zero attached hydrogens (tertiary/aromatic N) is 4. The fourth-order valence-corrected chi connectivity index (χ4v) is 4.91. The molecule has 2 heterocycles. The zero-order chi connectivity index (χ0) is 22.9. The molecule has 2 aromatic carbocycles. The van der Waals surface area contributed by atoms with Crippen molar-refractivity contribution in [3.63, 3.8) is 0 Å². The third-order valence-electron chi connectivity index (χ3n) is 6.30. The second-order valence-corrected chi connectivity index (χ2v) is 9.28. The molecule has 33 heavy (non-hydrogen) atoms. The van der Waals surface area contributed by atoms with Crippen molar-refractivity contribution in [2.75, 3.05) is 31.3 Å². The van der Waals surface area contributed by atoms with E-state index in [0.717, 1.165) is 48.6 Å². The van der Waals surface area contributed by atoms with Crippen LogP contribution in [0.5, 0.6) is 0 Å². The number of rotatable bonds is 12. The van der Waals surface area contributed by atoms with Crippen molar-refractivity contribution in [1.29, 1.82) is 0 Å². The van der Waals surface area contributed by atoms with Crippen LogP contribution in [0.4, 0.5) is 5.69 Å². The van der Waals surface area contributed by atoms with Crippen molar-refractivity contribution in [1.82, 2.24) is 15.0 Å². The van der Waals surface area contributed by atoms with E-state index in [9.17, 15) is 4.57 Å². The number of benzene rings is 2. The number of para-hydroxylation sites is 1. The molecule has 1 aromatic heterocycles. The number of unbranched alkanes of at least 4 members (excludes halogenated alkanes) is 5. The number of anilines is 1. The molecule has 0 amide bonds. The van der Waals surface area contributed by atoms with Gasteiger partial charge in [-0.2, -0.15) is 0 Å². The Kier molecular flexibility index (Phi) is 8.62. The van der Waals surface area contributed by atoms with Crippen LogP contribution < -0.4 is 4.90 Å². The van der Waals surface area contributed by atoms with Crippen LogP contribution >= 0.6 is 8.46 Å². The van der Waals surface area contributed by atoms with Gasteiger partial charge in [-0.05, 0) is 24.5 Å². The van der Waals surface area contributed by atoms with E-state index < -0.39 is 0 Å². The maximum Gasteiger partial charge on any atom is 0.157 e. The fourth-order valence-electron chi connectivity index (χ4n) is 4.64. The van der Waals surface area contributed by atoms with Gasteiger partial charge in [-0.15, -0.1) is 5.10 Å². The highest BCUT2D eigenvalue weighted by atomic mass is 31.1. The lowest BCUT2D eigenvalue weighted by Gasteiger charge is -2.30. The van der Waals surface area contributed by atoms with Crippen LogP contribution in [0.25, 0.3) is 22.5 Å². The first-order valence-electron chi connectivity index (χ1n) is 12.0. The predicted octanol–water partition coefficient (Wildman–Crippen LogP) is 6.21. The van der Waals surface area contributed by atoms with Crippen LogP contribution in [0.1, 0.15) is 44.1 Å². The molecule has 0 saturated carbocycles. The van der Waals surface area contributed by atoms with Gasteiger partial charge in [-0.1, -0.05) is 73.4 Å². The zero-order valence-electron chi connectivity index (χ0n) is 19.4. The van der Waals surface area contributed by atoms with Crippen LogP contribution in [0.3, 0.4) is 0 Å². The molecule has 0 N–H and O–H groups in total. The van der Waals surface area contributed by atoms with Gasteiger partial charge in [0.25, 0.3) is 0 Å². The second kappa shape index (κ2) is 12.1. The number of methoxy groups -OCH3 is 1. The third-order valence-corrected chi connectivity index (χ3v) is 6.68. The minimum atomic E-state index is 0.128. The van der Waals surface area contributed by atoms with Crippen LogP contribution in [-0.4, -0.2) is 41.4 Å². The summed E-state index contributed by atoms with van der Waals surface area (Å²) in [5.74, 6) is 0. The van der Waals surface area contributed by atoms with Crippen molar-refractivity contribution in [2.24, 2.45) is 0 Å². The van der Waals surface area contributed by atoms with Crippen LogP contribution in [-0.2, 0) is 22.4 Å². The molecular formula is C26H33N4O2P. The lowest BCUT2D eigenvalue weighted by molar-refractivity contribution is 0.192. The molecule has 0 unspecified atom stereocenters. The molecule has 0 bridgehead atoms. The Hall–Kier alpha value is -2.56. The molecule has 6 nitrogen and oxygen atoms in total. The summed E-state index contributed by atoms with van der Waals surface area (Å²) in [4.78, 5) is 2.50. The van der Waals surface area contributed by atoms with Gasteiger partial charge in [-0.25, -0.2) is 4.68 Å². The number of hydrogen-bond donors (Lipinski definition) is 0. The highest BCUT2D eigenvalue weighted by molar-refractivity contribution is 7.23. The molecule has 174 valence electrons. The SMILES string of the molecule is COCCCCCCCCN1Cc2ccccc2-c2c(nnn2CCP=O)-c2ccccc21. The molecule has 1 aliphatic rings. The molecular weight excluding hydrogens is 431 g/mol. The Bertz CT molecular complexity index is 1050. The molecule has 0 saturated heterocycles. The lowest BCUT2D eigenvalue weighted by Crippen LogP contribution is -2.26. The van der Waals surface area contributed by atoms with Gasteiger partial charge < -0.3 is 9.64 Å². The van der Waals surface area contributed by atoms with Crippen molar-refractivity contribution in [3.05, 3.63) is 54.1 Å². The highest BCUT2D eigenvalue weighted by Gasteiger charge is 2.26.